The number of nitrogens with zero attached hydrogens (tertiary/aromatic N) is 2. The molecular formula is C16H31ClN2O6S5. The molecule has 0 aromatic heterocycles. The van der Waals surface area contributed by atoms with E-state index in [1.807, 2.05) is 21.6 Å². The molecule has 0 aromatic rings. The van der Waals surface area contributed by atoms with Crippen molar-refractivity contribution in [2.45, 2.75) is 33.8 Å². The summed E-state index contributed by atoms with van der Waals surface area (Å²) < 4.78 is 54.6. The van der Waals surface area contributed by atoms with Crippen molar-refractivity contribution >= 4 is 66.0 Å². The first kappa shape index (κ1) is 27.3. The normalized spacial score (nSPS) is 24.9. The van der Waals surface area contributed by atoms with Crippen molar-refractivity contribution < 1.29 is 25.2 Å². The van der Waals surface area contributed by atoms with Crippen LogP contribution in [0.25, 0.3) is 0 Å². The predicted molar refractivity (Wildman–Crippen MR) is 128 cm³/mol. The summed E-state index contributed by atoms with van der Waals surface area (Å²) in [6, 6.07) is 0. The van der Waals surface area contributed by atoms with E-state index in [1.165, 1.54) is 0 Å². The lowest BCUT2D eigenvalue weighted by Gasteiger charge is -2.41. The molecule has 0 bridgehead atoms. The van der Waals surface area contributed by atoms with Gasteiger partial charge in [-0.05, 0) is 25.7 Å². The van der Waals surface area contributed by atoms with Crippen LogP contribution in [0.3, 0.4) is 0 Å². The Labute approximate surface area is 199 Å². The van der Waals surface area contributed by atoms with Gasteiger partial charge in [0.25, 0.3) is 20.2 Å². The third-order valence-corrected chi connectivity index (χ3v) is 13.4. The smallest absolute Gasteiger partial charge is 0.264 e. The first-order valence-corrected chi connectivity index (χ1v) is 16.3. The Hall–Kier alpha value is 1.08. The molecule has 2 spiro atoms. The van der Waals surface area contributed by atoms with Crippen molar-refractivity contribution in [3.63, 3.8) is 0 Å². The summed E-state index contributed by atoms with van der Waals surface area (Å²) >= 11 is 2.14. The molecule has 8 nitrogen and oxygen atoms in total. The van der Waals surface area contributed by atoms with Crippen LogP contribution in [0.1, 0.15) is 25.7 Å². The Morgan fingerprint density at radius 1 is 0.733 bits per heavy atom. The Morgan fingerprint density at radius 2 is 1.07 bits per heavy atom. The van der Waals surface area contributed by atoms with Gasteiger partial charge in [-0.2, -0.15) is 16.8 Å². The molecule has 0 aromatic carbocycles. The molecule has 3 saturated heterocycles. The number of hydrogen-bond acceptors (Lipinski definition) is 11. The van der Waals surface area contributed by atoms with Gasteiger partial charge in [0, 0.05) is 39.3 Å². The fourth-order valence-corrected chi connectivity index (χ4v) is 11.5. The topological polar surface area (TPSA) is 93.2 Å². The molecule has 0 atom stereocenters. The molecule has 0 N–H and O–H groups in total. The minimum atomic E-state index is -3.36. The summed E-state index contributed by atoms with van der Waals surface area (Å²) in [4.78, 5) is 4.58. The maximum Gasteiger partial charge on any atom is 0.264 e. The van der Waals surface area contributed by atoms with Gasteiger partial charge in [0.2, 0.25) is 0 Å². The van der Waals surface area contributed by atoms with E-state index in [4.69, 9.17) is 8.37 Å². The predicted octanol–water partition coefficient (Wildman–Crippen LogP) is 2.07. The van der Waals surface area contributed by atoms with Gasteiger partial charge in [-0.25, -0.2) is 0 Å². The van der Waals surface area contributed by atoms with Crippen LogP contribution in [-0.2, 0) is 28.6 Å². The Kier molecular flexibility index (Phi) is 10.0. The van der Waals surface area contributed by atoms with Gasteiger partial charge in [0.1, 0.15) is 0 Å². The zero-order valence-corrected chi connectivity index (χ0v) is 22.2. The summed E-state index contributed by atoms with van der Waals surface area (Å²) in [6.07, 6.45) is 6.57. The number of likely N-dealkylation sites (tertiary alicyclic amines) is 2. The number of thioether (sulfide) groups is 1. The average Bonchev–Trinajstić information content (AvgIpc) is 2.95. The maximum absolute atomic E-state index is 11.1. The highest BCUT2D eigenvalue weighted by Crippen LogP contribution is 2.70. The van der Waals surface area contributed by atoms with Gasteiger partial charge in [0.15, 0.2) is 0 Å². The van der Waals surface area contributed by atoms with E-state index in [0.29, 0.717) is 13.1 Å². The molecule has 14 heteroatoms. The molecule has 0 saturated carbocycles. The van der Waals surface area contributed by atoms with Crippen LogP contribution in [0, 0.1) is 0 Å². The van der Waals surface area contributed by atoms with Crippen molar-refractivity contribution in [1.82, 2.24) is 9.80 Å². The van der Waals surface area contributed by atoms with Crippen LogP contribution >= 0.6 is 45.8 Å². The SMILES string of the molecule is CS(=O)(=O)OCCN1CCC2(CC1)SSC1(CCN(CCOS(C)(=O)=O)CC1)S2.Cl. The zero-order valence-electron chi connectivity index (χ0n) is 17.3. The third-order valence-electron chi connectivity index (χ3n) is 5.36. The number of hydrogen-bond donors (Lipinski definition) is 0. The highest BCUT2D eigenvalue weighted by Gasteiger charge is 2.52. The van der Waals surface area contributed by atoms with Crippen molar-refractivity contribution in [2.75, 3.05) is 65.0 Å². The van der Waals surface area contributed by atoms with Crippen LogP contribution in [0.2, 0.25) is 0 Å². The van der Waals surface area contributed by atoms with E-state index >= 15 is 0 Å². The molecule has 3 heterocycles. The van der Waals surface area contributed by atoms with Crippen molar-refractivity contribution in [2.24, 2.45) is 0 Å². The number of piperidine rings is 2. The monoisotopic (exact) mass is 542 g/mol. The highest BCUT2D eigenvalue weighted by molar-refractivity contribution is 8.83. The summed E-state index contributed by atoms with van der Waals surface area (Å²) in [7, 11) is -2.67. The van der Waals surface area contributed by atoms with Gasteiger partial charge >= 0.3 is 0 Å². The van der Waals surface area contributed by atoms with Crippen molar-refractivity contribution in [3.05, 3.63) is 0 Å². The number of halogens is 1. The van der Waals surface area contributed by atoms with Crippen LogP contribution in [0.5, 0.6) is 0 Å². The van der Waals surface area contributed by atoms with Crippen LogP contribution in [0.4, 0.5) is 0 Å². The molecule has 3 aliphatic heterocycles. The molecular weight excluding hydrogens is 512 g/mol. The molecule has 0 radical (unpaired) electrons. The van der Waals surface area contributed by atoms with Gasteiger partial charge in [-0.3, -0.25) is 8.37 Å². The van der Waals surface area contributed by atoms with E-state index < -0.39 is 20.2 Å². The second kappa shape index (κ2) is 11.0. The summed E-state index contributed by atoms with van der Waals surface area (Å²) in [6.45, 7) is 5.64. The van der Waals surface area contributed by atoms with Gasteiger partial charge in [-0.1, -0.05) is 21.6 Å². The summed E-state index contributed by atoms with van der Waals surface area (Å²) in [5.41, 5.74) is 0. The molecule has 0 unspecified atom stereocenters. The fourth-order valence-electron chi connectivity index (χ4n) is 3.77. The summed E-state index contributed by atoms with van der Waals surface area (Å²) in [5.74, 6) is 0. The number of rotatable bonds is 8. The summed E-state index contributed by atoms with van der Waals surface area (Å²) in [5, 5.41) is 0. The van der Waals surface area contributed by atoms with Gasteiger partial charge in [-0.15, -0.1) is 24.2 Å². The van der Waals surface area contributed by atoms with E-state index in [-0.39, 0.29) is 33.8 Å². The fraction of sp³-hybridized carbons (Fsp3) is 1.00. The van der Waals surface area contributed by atoms with Crippen LogP contribution in [-0.4, -0.2) is 99.8 Å². The second-order valence-electron chi connectivity index (χ2n) is 7.83. The van der Waals surface area contributed by atoms with Crippen LogP contribution in [0.15, 0.2) is 0 Å². The van der Waals surface area contributed by atoms with Crippen LogP contribution < -0.4 is 0 Å². The lowest BCUT2D eigenvalue weighted by Crippen LogP contribution is -2.44. The standard InChI is InChI=1S/C16H30N2O6S5.ClH/c1-28(19,20)23-13-11-17-7-3-15(4-8-17)25-16(27-26-15)5-9-18(10-6-16)12-14-24-29(2,21)22;/h3-14H2,1-2H3;1H. The minimum Gasteiger partial charge on any atom is -0.301 e. The molecule has 3 aliphatic rings. The highest BCUT2D eigenvalue weighted by atomic mass is 35.5. The van der Waals surface area contributed by atoms with Gasteiger partial charge < -0.3 is 9.80 Å². The minimum absolute atomic E-state index is 0. The largest absolute Gasteiger partial charge is 0.301 e. The Bertz CT molecular complexity index is 701. The van der Waals surface area contributed by atoms with E-state index in [1.54, 1.807) is 0 Å². The van der Waals surface area contributed by atoms with E-state index in [9.17, 15) is 16.8 Å². The lowest BCUT2D eigenvalue weighted by atomic mass is 10.1. The Morgan fingerprint density at radius 3 is 1.37 bits per heavy atom. The third kappa shape index (κ3) is 8.45. The second-order valence-corrected chi connectivity index (χ2v) is 16.3. The van der Waals surface area contributed by atoms with E-state index in [2.05, 4.69) is 21.6 Å². The van der Waals surface area contributed by atoms with E-state index in [0.717, 1.165) is 64.4 Å². The quantitative estimate of drug-likeness (QED) is 0.333. The first-order chi connectivity index (χ1) is 13.5. The first-order valence-electron chi connectivity index (χ1n) is 9.69. The zero-order chi connectivity index (χ0) is 21.2. The molecule has 0 amide bonds. The molecule has 3 rings (SSSR count). The van der Waals surface area contributed by atoms with Gasteiger partial charge in [0.05, 0.1) is 33.9 Å². The van der Waals surface area contributed by atoms with Crippen molar-refractivity contribution in [3.8, 4) is 0 Å². The Balaban J connectivity index is 0.00000320. The lowest BCUT2D eigenvalue weighted by molar-refractivity contribution is 0.181. The molecule has 178 valence electrons. The molecule has 3 fully saturated rings. The average molecular weight is 543 g/mol. The maximum atomic E-state index is 11.1. The van der Waals surface area contributed by atoms with Crippen molar-refractivity contribution in [1.29, 1.82) is 0 Å². The molecule has 30 heavy (non-hydrogen) atoms. The molecule has 0 aliphatic carbocycles.